The molecule has 3 nitrogen and oxygen atoms in total. The molecule has 1 heterocycles. The molecule has 3 heteroatoms. The van der Waals surface area contributed by atoms with E-state index in [2.05, 4.69) is 30.1 Å². The summed E-state index contributed by atoms with van der Waals surface area (Å²) in [4.78, 5) is 4.30. The molecule has 0 aliphatic rings. The largest absolute Gasteiger partial charge is 0.374 e. The first kappa shape index (κ1) is 16.7. The first-order valence-corrected chi connectivity index (χ1v) is 7.83. The molecule has 0 saturated heterocycles. The van der Waals surface area contributed by atoms with Crippen molar-refractivity contribution in [1.82, 2.24) is 4.98 Å². The SMILES string of the molecule is CC(C)OCc1cncc(CC(C)OCc2ccccc2)c1. The second kappa shape index (κ2) is 8.66. The molecule has 0 N–H and O–H groups in total. The summed E-state index contributed by atoms with van der Waals surface area (Å²) in [6.07, 6.45) is 5.01. The second-order valence-corrected chi connectivity index (χ2v) is 5.87. The molecule has 1 atom stereocenters. The number of hydrogen-bond acceptors (Lipinski definition) is 3. The number of nitrogens with zero attached hydrogens (tertiary/aromatic N) is 1. The summed E-state index contributed by atoms with van der Waals surface area (Å²) in [7, 11) is 0. The lowest BCUT2D eigenvalue weighted by Gasteiger charge is -2.14. The minimum Gasteiger partial charge on any atom is -0.374 e. The molecule has 1 unspecified atom stereocenters. The van der Waals surface area contributed by atoms with Crippen LogP contribution in [-0.2, 0) is 29.1 Å². The van der Waals surface area contributed by atoms with Crippen LogP contribution >= 0.6 is 0 Å². The number of rotatable bonds is 8. The first-order valence-electron chi connectivity index (χ1n) is 7.83. The number of pyridine rings is 1. The molecular formula is C19H25NO2. The lowest BCUT2D eigenvalue weighted by atomic mass is 10.1. The van der Waals surface area contributed by atoms with Crippen molar-refractivity contribution in [3.63, 3.8) is 0 Å². The van der Waals surface area contributed by atoms with Gasteiger partial charge in [-0.1, -0.05) is 36.4 Å². The smallest absolute Gasteiger partial charge is 0.0735 e. The third-order valence-corrected chi connectivity index (χ3v) is 3.34. The number of hydrogen-bond donors (Lipinski definition) is 0. The van der Waals surface area contributed by atoms with Gasteiger partial charge in [-0.3, -0.25) is 4.98 Å². The minimum atomic E-state index is 0.156. The Labute approximate surface area is 133 Å². The van der Waals surface area contributed by atoms with Crippen LogP contribution in [-0.4, -0.2) is 17.2 Å². The van der Waals surface area contributed by atoms with Gasteiger partial charge in [0.05, 0.1) is 25.4 Å². The van der Waals surface area contributed by atoms with Crippen molar-refractivity contribution in [2.45, 2.75) is 52.6 Å². The van der Waals surface area contributed by atoms with Gasteiger partial charge in [0, 0.05) is 12.4 Å². The Hall–Kier alpha value is -1.71. The minimum absolute atomic E-state index is 0.156. The van der Waals surface area contributed by atoms with Crippen molar-refractivity contribution >= 4 is 0 Å². The first-order chi connectivity index (χ1) is 10.6. The predicted molar refractivity (Wildman–Crippen MR) is 88.6 cm³/mol. The third kappa shape index (κ3) is 5.96. The predicted octanol–water partition coefficient (Wildman–Crippen LogP) is 4.15. The molecule has 118 valence electrons. The summed E-state index contributed by atoms with van der Waals surface area (Å²) in [6.45, 7) is 7.43. The van der Waals surface area contributed by atoms with Gasteiger partial charge in [0.15, 0.2) is 0 Å². The summed E-state index contributed by atoms with van der Waals surface area (Å²) in [5, 5.41) is 0. The van der Waals surface area contributed by atoms with Gasteiger partial charge >= 0.3 is 0 Å². The van der Waals surface area contributed by atoms with Gasteiger partial charge in [0.25, 0.3) is 0 Å². The summed E-state index contributed by atoms with van der Waals surface area (Å²) in [5.41, 5.74) is 3.50. The highest BCUT2D eigenvalue weighted by Gasteiger charge is 2.06. The summed E-state index contributed by atoms with van der Waals surface area (Å²) < 4.78 is 11.5. The Morgan fingerprint density at radius 2 is 1.55 bits per heavy atom. The fourth-order valence-electron chi connectivity index (χ4n) is 2.20. The Balaban J connectivity index is 1.83. The monoisotopic (exact) mass is 299 g/mol. The molecule has 0 aliphatic heterocycles. The molecule has 22 heavy (non-hydrogen) atoms. The zero-order valence-electron chi connectivity index (χ0n) is 13.7. The average Bonchev–Trinajstić information content (AvgIpc) is 2.52. The topological polar surface area (TPSA) is 31.4 Å². The molecule has 0 amide bonds. The van der Waals surface area contributed by atoms with Crippen LogP contribution in [0.3, 0.4) is 0 Å². The quantitative estimate of drug-likeness (QED) is 0.733. The molecule has 1 aromatic carbocycles. The van der Waals surface area contributed by atoms with Gasteiger partial charge in [-0.25, -0.2) is 0 Å². The van der Waals surface area contributed by atoms with E-state index < -0.39 is 0 Å². The second-order valence-electron chi connectivity index (χ2n) is 5.87. The van der Waals surface area contributed by atoms with Crippen LogP contribution in [0.25, 0.3) is 0 Å². The summed E-state index contributed by atoms with van der Waals surface area (Å²) in [5.74, 6) is 0. The maximum absolute atomic E-state index is 5.91. The molecule has 2 rings (SSSR count). The van der Waals surface area contributed by atoms with Crippen molar-refractivity contribution in [3.8, 4) is 0 Å². The van der Waals surface area contributed by atoms with Gasteiger partial charge in [-0.15, -0.1) is 0 Å². The molecular weight excluding hydrogens is 274 g/mol. The lowest BCUT2D eigenvalue weighted by molar-refractivity contribution is 0.0531. The average molecular weight is 299 g/mol. The van der Waals surface area contributed by atoms with Crippen LogP contribution in [0.15, 0.2) is 48.8 Å². The fraction of sp³-hybridized carbons (Fsp3) is 0.421. The zero-order chi connectivity index (χ0) is 15.8. The summed E-state index contributed by atoms with van der Waals surface area (Å²) in [6, 6.07) is 12.4. The van der Waals surface area contributed by atoms with Crippen LogP contribution in [0.2, 0.25) is 0 Å². The van der Waals surface area contributed by atoms with Gasteiger partial charge in [-0.2, -0.15) is 0 Å². The fourth-order valence-corrected chi connectivity index (χ4v) is 2.20. The maximum Gasteiger partial charge on any atom is 0.0735 e. The van der Waals surface area contributed by atoms with E-state index in [-0.39, 0.29) is 12.2 Å². The molecule has 0 radical (unpaired) electrons. The van der Waals surface area contributed by atoms with Crippen LogP contribution in [0, 0.1) is 0 Å². The Morgan fingerprint density at radius 1 is 0.864 bits per heavy atom. The van der Waals surface area contributed by atoms with Gasteiger partial charge < -0.3 is 9.47 Å². The zero-order valence-corrected chi connectivity index (χ0v) is 13.7. The Morgan fingerprint density at radius 3 is 2.27 bits per heavy atom. The van der Waals surface area contributed by atoms with E-state index in [1.807, 2.05) is 44.4 Å². The van der Waals surface area contributed by atoms with E-state index in [0.29, 0.717) is 13.2 Å². The van der Waals surface area contributed by atoms with Gasteiger partial charge in [-0.05, 0) is 43.9 Å². The molecule has 0 spiro atoms. The van der Waals surface area contributed by atoms with Gasteiger partial charge in [0.2, 0.25) is 0 Å². The van der Waals surface area contributed by atoms with E-state index in [9.17, 15) is 0 Å². The molecule has 0 saturated carbocycles. The lowest BCUT2D eigenvalue weighted by Crippen LogP contribution is -2.12. The highest BCUT2D eigenvalue weighted by Crippen LogP contribution is 2.11. The van der Waals surface area contributed by atoms with Crippen LogP contribution in [0.5, 0.6) is 0 Å². The van der Waals surface area contributed by atoms with E-state index in [1.54, 1.807) is 0 Å². The van der Waals surface area contributed by atoms with E-state index in [0.717, 1.165) is 12.0 Å². The van der Waals surface area contributed by atoms with Crippen molar-refractivity contribution in [2.75, 3.05) is 0 Å². The van der Waals surface area contributed by atoms with Crippen LogP contribution in [0.1, 0.15) is 37.5 Å². The van der Waals surface area contributed by atoms with Crippen LogP contribution in [0.4, 0.5) is 0 Å². The molecule has 0 bridgehead atoms. The van der Waals surface area contributed by atoms with E-state index in [4.69, 9.17) is 9.47 Å². The highest BCUT2D eigenvalue weighted by atomic mass is 16.5. The number of ether oxygens (including phenoxy) is 2. The molecule has 0 aliphatic carbocycles. The Kier molecular flexibility index (Phi) is 6.56. The van der Waals surface area contributed by atoms with Crippen molar-refractivity contribution in [1.29, 1.82) is 0 Å². The van der Waals surface area contributed by atoms with Crippen molar-refractivity contribution in [3.05, 3.63) is 65.5 Å². The number of benzene rings is 1. The van der Waals surface area contributed by atoms with Crippen molar-refractivity contribution < 1.29 is 9.47 Å². The van der Waals surface area contributed by atoms with E-state index >= 15 is 0 Å². The molecule has 1 aromatic heterocycles. The molecule has 0 fully saturated rings. The summed E-state index contributed by atoms with van der Waals surface area (Å²) >= 11 is 0. The normalized spacial score (nSPS) is 12.5. The standard InChI is InChI=1S/C19H25NO2/c1-15(2)21-14-19-10-18(11-20-12-19)9-16(3)22-13-17-7-5-4-6-8-17/h4-8,10-12,15-16H,9,13-14H2,1-3H3. The highest BCUT2D eigenvalue weighted by molar-refractivity contribution is 5.18. The third-order valence-electron chi connectivity index (χ3n) is 3.34. The molecule has 2 aromatic rings. The van der Waals surface area contributed by atoms with Gasteiger partial charge in [0.1, 0.15) is 0 Å². The van der Waals surface area contributed by atoms with Crippen molar-refractivity contribution in [2.24, 2.45) is 0 Å². The van der Waals surface area contributed by atoms with E-state index in [1.165, 1.54) is 11.1 Å². The number of aromatic nitrogens is 1. The maximum atomic E-state index is 5.91. The van der Waals surface area contributed by atoms with Crippen LogP contribution < -0.4 is 0 Å². The Bertz CT molecular complexity index is 554.